The minimum Gasteiger partial charge on any atom is -0.506 e. The molecule has 0 aromatic heterocycles. The third-order valence-electron chi connectivity index (χ3n) is 4.01. The predicted molar refractivity (Wildman–Crippen MR) is 113 cm³/mol. The highest BCUT2D eigenvalue weighted by Gasteiger charge is 2.22. The van der Waals surface area contributed by atoms with Crippen LogP contribution in [0.15, 0.2) is 43.0 Å². The average molecular weight is 488 g/mol. The second-order valence-corrected chi connectivity index (χ2v) is 11.0. The topological polar surface area (TPSA) is 40.5 Å². The van der Waals surface area contributed by atoms with Gasteiger partial charge in [0, 0.05) is 0 Å². The summed E-state index contributed by atoms with van der Waals surface area (Å²) in [5, 5.41) is 21.0. The van der Waals surface area contributed by atoms with Gasteiger partial charge >= 0.3 is 0 Å². The third-order valence-corrected chi connectivity index (χ3v) is 6.28. The lowest BCUT2D eigenvalue weighted by atomic mass is 9.87. The molecule has 2 aromatic rings. The molecule has 0 aliphatic heterocycles. The van der Waals surface area contributed by atoms with Crippen LogP contribution in [0.5, 0.6) is 11.5 Å². The highest BCUT2D eigenvalue weighted by Crippen LogP contribution is 2.47. The van der Waals surface area contributed by atoms with E-state index >= 15 is 0 Å². The molecule has 0 amide bonds. The zero-order valence-corrected chi connectivity index (χ0v) is 19.4. The highest BCUT2D eigenvalue weighted by atomic mass is 79.9. The number of phenols is 2. The van der Waals surface area contributed by atoms with Crippen molar-refractivity contribution in [1.29, 1.82) is 0 Å². The van der Waals surface area contributed by atoms with Crippen LogP contribution in [-0.2, 0) is 10.8 Å². The van der Waals surface area contributed by atoms with Gasteiger partial charge in [0.2, 0.25) is 0 Å². The molecule has 0 unspecified atom stereocenters. The average Bonchev–Trinajstić information content (AvgIpc) is 2.45. The first kappa shape index (κ1) is 20.7. The van der Waals surface area contributed by atoms with Gasteiger partial charge in [-0.05, 0) is 78.1 Å². The largest absolute Gasteiger partial charge is 0.506 e. The van der Waals surface area contributed by atoms with E-state index in [1.54, 1.807) is 0 Å². The normalized spacial score (nSPS) is 12.5. The fourth-order valence-electron chi connectivity index (χ4n) is 2.29. The van der Waals surface area contributed by atoms with Crippen molar-refractivity contribution >= 4 is 43.6 Å². The molecule has 0 radical (unpaired) electrons. The summed E-state index contributed by atoms with van der Waals surface area (Å²) in [4.78, 5) is 1.43. The Bertz CT molecular complexity index is 735. The van der Waals surface area contributed by atoms with E-state index in [0.717, 1.165) is 11.1 Å². The monoisotopic (exact) mass is 486 g/mol. The number of benzene rings is 2. The molecule has 136 valence electrons. The molecule has 2 aromatic carbocycles. The predicted octanol–water partition coefficient (Wildman–Crippen LogP) is 7.37. The smallest absolute Gasteiger partial charge is 0.143 e. The van der Waals surface area contributed by atoms with Crippen molar-refractivity contribution in [3.05, 3.63) is 44.3 Å². The number of phenolic OH excluding ortho intramolecular Hbond substituents is 2. The zero-order chi connectivity index (χ0) is 19.2. The van der Waals surface area contributed by atoms with Crippen LogP contribution in [0, 0.1) is 0 Å². The van der Waals surface area contributed by atoms with Crippen molar-refractivity contribution in [3.8, 4) is 11.5 Å². The summed E-state index contributed by atoms with van der Waals surface area (Å²) >= 11 is 8.26. The van der Waals surface area contributed by atoms with E-state index in [0.29, 0.717) is 18.7 Å². The van der Waals surface area contributed by atoms with Gasteiger partial charge in [0.1, 0.15) is 11.5 Å². The molecule has 2 rings (SSSR count). The quantitative estimate of drug-likeness (QED) is 0.464. The van der Waals surface area contributed by atoms with E-state index in [9.17, 15) is 10.2 Å². The van der Waals surface area contributed by atoms with Gasteiger partial charge < -0.3 is 10.2 Å². The van der Waals surface area contributed by atoms with Gasteiger partial charge in [0.15, 0.2) is 0 Å². The molecule has 0 spiro atoms. The van der Waals surface area contributed by atoms with Gasteiger partial charge in [0.25, 0.3) is 0 Å². The maximum Gasteiger partial charge on any atom is 0.143 e. The second kappa shape index (κ2) is 7.16. The van der Waals surface area contributed by atoms with Crippen molar-refractivity contribution in [2.24, 2.45) is 0 Å². The van der Waals surface area contributed by atoms with Crippen molar-refractivity contribution in [2.75, 3.05) is 0 Å². The molecule has 0 aliphatic carbocycles. The number of rotatable bonds is 2. The van der Waals surface area contributed by atoms with Crippen molar-refractivity contribution < 1.29 is 10.2 Å². The van der Waals surface area contributed by atoms with Gasteiger partial charge in [0.05, 0.1) is 18.7 Å². The van der Waals surface area contributed by atoms with Crippen LogP contribution < -0.4 is 0 Å². The zero-order valence-electron chi connectivity index (χ0n) is 15.4. The lowest BCUT2D eigenvalue weighted by molar-refractivity contribution is 0.454. The first-order chi connectivity index (χ1) is 11.3. The summed E-state index contributed by atoms with van der Waals surface area (Å²) in [5.41, 5.74) is 2.15. The fourth-order valence-corrected chi connectivity index (χ4v) is 4.49. The molecular weight excluding hydrogens is 464 g/mol. The Morgan fingerprint density at radius 3 is 1.28 bits per heavy atom. The molecule has 0 saturated carbocycles. The number of aromatic hydroxyl groups is 2. The Morgan fingerprint density at radius 2 is 1.00 bits per heavy atom. The minimum atomic E-state index is -0.0403. The number of hydrogen-bond donors (Lipinski definition) is 2. The van der Waals surface area contributed by atoms with Crippen molar-refractivity contribution in [3.63, 3.8) is 0 Å². The standard InChI is InChI=1S/C20H24Br2O2S/c1-19(2,3)11-7-13(21)17(23)15(9-11)25-16-10-12(20(4,5)6)8-14(22)18(16)24/h7-10,23-24H,1-6H3. The molecule has 0 atom stereocenters. The van der Waals surface area contributed by atoms with E-state index in [4.69, 9.17) is 0 Å². The molecule has 25 heavy (non-hydrogen) atoms. The third kappa shape index (κ3) is 4.75. The summed E-state index contributed by atoms with van der Waals surface area (Å²) in [6, 6.07) is 7.87. The summed E-state index contributed by atoms with van der Waals surface area (Å²) in [6.07, 6.45) is 0. The fraction of sp³-hybridized carbons (Fsp3) is 0.400. The molecule has 0 heterocycles. The van der Waals surface area contributed by atoms with E-state index in [1.807, 2.05) is 24.3 Å². The van der Waals surface area contributed by atoms with Gasteiger partial charge in [-0.25, -0.2) is 0 Å². The van der Waals surface area contributed by atoms with Crippen LogP contribution in [0.25, 0.3) is 0 Å². The molecule has 2 N–H and O–H groups in total. The van der Waals surface area contributed by atoms with Crippen LogP contribution in [0.1, 0.15) is 52.7 Å². The van der Waals surface area contributed by atoms with Crippen LogP contribution in [-0.4, -0.2) is 10.2 Å². The summed E-state index contributed by atoms with van der Waals surface area (Å²) in [5.74, 6) is 0.379. The molecule has 0 saturated heterocycles. The Kier molecular flexibility index (Phi) is 5.92. The molecular formula is C20H24Br2O2S. The van der Waals surface area contributed by atoms with Crippen LogP contribution in [0.4, 0.5) is 0 Å². The van der Waals surface area contributed by atoms with Crippen molar-refractivity contribution in [1.82, 2.24) is 0 Å². The van der Waals surface area contributed by atoms with Gasteiger partial charge in [-0.1, -0.05) is 53.3 Å². The summed E-state index contributed by atoms with van der Waals surface area (Å²) < 4.78 is 1.32. The maximum atomic E-state index is 10.5. The summed E-state index contributed by atoms with van der Waals surface area (Å²) in [7, 11) is 0. The van der Waals surface area contributed by atoms with Gasteiger partial charge in [-0.2, -0.15) is 0 Å². The Balaban J connectivity index is 2.57. The van der Waals surface area contributed by atoms with Gasteiger partial charge in [-0.3, -0.25) is 0 Å². The maximum absolute atomic E-state index is 10.5. The Hall–Kier alpha value is -0.650. The SMILES string of the molecule is CC(C)(C)c1cc(Br)c(O)c(Sc2cc(C(C)(C)C)cc(Br)c2O)c1. The highest BCUT2D eigenvalue weighted by molar-refractivity contribution is 9.11. The lowest BCUT2D eigenvalue weighted by Gasteiger charge is -2.23. The first-order valence-electron chi connectivity index (χ1n) is 8.04. The van der Waals surface area contributed by atoms with E-state index in [-0.39, 0.29) is 22.3 Å². The molecule has 0 aliphatic rings. The van der Waals surface area contributed by atoms with E-state index in [1.165, 1.54) is 11.8 Å². The molecule has 2 nitrogen and oxygen atoms in total. The van der Waals surface area contributed by atoms with E-state index < -0.39 is 0 Å². The van der Waals surface area contributed by atoms with Gasteiger partial charge in [-0.15, -0.1) is 0 Å². The van der Waals surface area contributed by atoms with Crippen LogP contribution in [0.3, 0.4) is 0 Å². The molecule has 5 heteroatoms. The Labute approximate surface area is 171 Å². The summed E-state index contributed by atoms with van der Waals surface area (Å²) in [6.45, 7) is 12.8. The van der Waals surface area contributed by atoms with Crippen LogP contribution in [0.2, 0.25) is 0 Å². The second-order valence-electron chi connectivity index (χ2n) is 8.21. The first-order valence-corrected chi connectivity index (χ1v) is 10.4. The molecule has 0 bridgehead atoms. The van der Waals surface area contributed by atoms with E-state index in [2.05, 4.69) is 73.4 Å². The number of hydrogen-bond acceptors (Lipinski definition) is 3. The Morgan fingerprint density at radius 1 is 0.680 bits per heavy atom. The van der Waals surface area contributed by atoms with Crippen molar-refractivity contribution in [2.45, 2.75) is 62.2 Å². The minimum absolute atomic E-state index is 0.0403. The van der Waals surface area contributed by atoms with Crippen LogP contribution >= 0.6 is 43.6 Å². The lowest BCUT2D eigenvalue weighted by Crippen LogP contribution is -2.11. The number of halogens is 2. The molecule has 0 fully saturated rings.